The first-order chi connectivity index (χ1) is 25.2. The smallest absolute Gasteiger partial charge is 0.141 e. The fraction of sp³-hybridized carbons (Fsp3) is 0. The summed E-state index contributed by atoms with van der Waals surface area (Å²) in [6.07, 6.45) is 0. The Balaban J connectivity index is 1.31. The standard InChI is InChI=1S/C42H40B8N2/c43-33-31(34(44)38(48)41(37(33)47)51(27-13-5-1-6-14-27)28-15-7-2-8-16-28)25-21-23-26(24-22-25)32-35(45)39(49)42(40(50)36(32)46)52(29-17-9-3-10-18-29)30-19-11-4-12-20-30/h1-24H,43-50H2. The quantitative estimate of drug-likeness (QED) is 0.175. The summed E-state index contributed by atoms with van der Waals surface area (Å²) in [4.78, 5) is 4.82. The van der Waals surface area contributed by atoms with E-state index in [2.05, 4.69) is 218 Å². The van der Waals surface area contributed by atoms with Crippen molar-refractivity contribution in [2.45, 2.75) is 0 Å². The van der Waals surface area contributed by atoms with Gasteiger partial charge in [0.2, 0.25) is 0 Å². The molecule has 0 unspecified atom stereocenters. The molecule has 10 heteroatoms. The largest absolute Gasteiger partial charge is 0.312 e. The number of nitrogens with zero attached hydrogens (tertiary/aromatic N) is 2. The van der Waals surface area contributed by atoms with Crippen LogP contribution in [0.25, 0.3) is 22.3 Å². The third-order valence-electron chi connectivity index (χ3n) is 11.1. The predicted molar refractivity (Wildman–Crippen MR) is 252 cm³/mol. The van der Waals surface area contributed by atoms with Gasteiger partial charge in [-0.1, -0.05) is 141 Å². The van der Waals surface area contributed by atoms with Crippen LogP contribution in [0, 0.1) is 0 Å². The minimum absolute atomic E-state index is 1.16. The van der Waals surface area contributed by atoms with Crippen LogP contribution in [0.2, 0.25) is 0 Å². The monoisotopic (exact) mass is 660 g/mol. The van der Waals surface area contributed by atoms with Gasteiger partial charge in [0, 0.05) is 34.1 Å². The van der Waals surface area contributed by atoms with Crippen LogP contribution in [0.3, 0.4) is 0 Å². The maximum atomic E-state index is 2.41. The molecule has 0 saturated heterocycles. The summed E-state index contributed by atoms with van der Waals surface area (Å²) in [7, 11) is 18.3. The lowest BCUT2D eigenvalue weighted by Crippen LogP contribution is -2.46. The van der Waals surface area contributed by atoms with Gasteiger partial charge >= 0.3 is 0 Å². The average Bonchev–Trinajstić information content (AvgIpc) is 3.18. The second kappa shape index (κ2) is 14.7. The van der Waals surface area contributed by atoms with Gasteiger partial charge in [-0.25, -0.2) is 0 Å². The van der Waals surface area contributed by atoms with Crippen LogP contribution in [0.4, 0.5) is 34.1 Å². The molecule has 7 aromatic rings. The molecule has 0 aliphatic rings. The number of rotatable bonds is 8. The Hall–Kier alpha value is -5.34. The Kier molecular flexibility index (Phi) is 9.93. The van der Waals surface area contributed by atoms with Crippen LogP contribution in [0.1, 0.15) is 0 Å². The predicted octanol–water partition coefficient (Wildman–Crippen LogP) is -1.97. The summed E-state index contributed by atoms with van der Waals surface area (Å²) in [6.45, 7) is 0. The first-order valence-corrected chi connectivity index (χ1v) is 18.3. The summed E-state index contributed by atoms with van der Waals surface area (Å²) in [6, 6.07) is 52.2. The fourth-order valence-electron chi connectivity index (χ4n) is 8.05. The fourth-order valence-corrected chi connectivity index (χ4v) is 8.05. The van der Waals surface area contributed by atoms with Crippen molar-refractivity contribution >= 4 is 141 Å². The summed E-state index contributed by atoms with van der Waals surface area (Å²) in [5.74, 6) is 0. The molecule has 0 amide bonds. The molecule has 0 bridgehead atoms. The van der Waals surface area contributed by atoms with Gasteiger partial charge < -0.3 is 9.80 Å². The van der Waals surface area contributed by atoms with E-state index in [0.717, 1.165) is 22.7 Å². The molecular formula is C42H40B8N2. The molecule has 242 valence electrons. The van der Waals surface area contributed by atoms with Crippen molar-refractivity contribution in [1.82, 2.24) is 0 Å². The van der Waals surface area contributed by atoms with Crippen molar-refractivity contribution in [1.29, 1.82) is 0 Å². The molecule has 0 heterocycles. The summed E-state index contributed by atoms with van der Waals surface area (Å²) >= 11 is 0. The number of hydrogen-bond donors (Lipinski definition) is 0. The highest BCUT2D eigenvalue weighted by Gasteiger charge is 2.24. The highest BCUT2D eigenvalue weighted by Crippen LogP contribution is 2.34. The van der Waals surface area contributed by atoms with Gasteiger partial charge in [-0.05, 0) is 70.8 Å². The maximum Gasteiger partial charge on any atom is 0.141 e. The molecule has 0 fully saturated rings. The lowest BCUT2D eigenvalue weighted by Gasteiger charge is -2.33. The van der Waals surface area contributed by atoms with Gasteiger partial charge in [0.25, 0.3) is 0 Å². The van der Waals surface area contributed by atoms with E-state index in [4.69, 9.17) is 0 Å². The van der Waals surface area contributed by atoms with Gasteiger partial charge in [-0.15, -0.1) is 0 Å². The molecule has 7 rings (SSSR count). The lowest BCUT2D eigenvalue weighted by atomic mass is 9.63. The second-order valence-electron chi connectivity index (χ2n) is 14.0. The van der Waals surface area contributed by atoms with Crippen LogP contribution in [0.5, 0.6) is 0 Å². The van der Waals surface area contributed by atoms with Gasteiger partial charge in [-0.3, -0.25) is 0 Å². The van der Waals surface area contributed by atoms with Crippen LogP contribution in [-0.4, -0.2) is 62.8 Å². The van der Waals surface area contributed by atoms with E-state index in [9.17, 15) is 0 Å². The van der Waals surface area contributed by atoms with E-state index in [1.54, 1.807) is 0 Å². The van der Waals surface area contributed by atoms with Crippen molar-refractivity contribution in [2.24, 2.45) is 0 Å². The summed E-state index contributed by atoms with van der Waals surface area (Å²) < 4.78 is 0. The molecule has 0 aliphatic heterocycles. The van der Waals surface area contributed by atoms with Crippen molar-refractivity contribution in [3.05, 3.63) is 146 Å². The second-order valence-corrected chi connectivity index (χ2v) is 14.0. The SMILES string of the molecule is Bc1c(B)c(N(c2ccccc2)c2ccccc2)c(B)c(B)c1-c1ccc(-c2c(B)c(B)c(N(c3ccccc3)c3ccccc3)c(B)c2B)cc1. The zero-order valence-corrected chi connectivity index (χ0v) is 31.8. The molecule has 0 N–H and O–H groups in total. The van der Waals surface area contributed by atoms with E-state index < -0.39 is 0 Å². The molecule has 52 heavy (non-hydrogen) atoms. The summed E-state index contributed by atoms with van der Waals surface area (Å²) in [5, 5.41) is 0. The Morgan fingerprint density at radius 2 is 0.462 bits per heavy atom. The van der Waals surface area contributed by atoms with Crippen LogP contribution >= 0.6 is 0 Å². The number of hydrogen-bond acceptors (Lipinski definition) is 2. The molecule has 7 aromatic carbocycles. The van der Waals surface area contributed by atoms with Crippen LogP contribution < -0.4 is 53.5 Å². The molecule has 0 spiro atoms. The van der Waals surface area contributed by atoms with E-state index in [0.29, 0.717) is 0 Å². The number of benzene rings is 7. The van der Waals surface area contributed by atoms with Crippen LogP contribution in [0.15, 0.2) is 146 Å². The molecule has 0 aliphatic carbocycles. The minimum Gasteiger partial charge on any atom is -0.312 e. The Morgan fingerprint density at radius 1 is 0.250 bits per heavy atom. The molecule has 0 atom stereocenters. The van der Waals surface area contributed by atoms with Crippen molar-refractivity contribution in [2.75, 3.05) is 9.80 Å². The molecule has 0 saturated carbocycles. The first-order valence-electron chi connectivity index (χ1n) is 18.3. The third kappa shape index (κ3) is 6.26. The van der Waals surface area contributed by atoms with Crippen molar-refractivity contribution < 1.29 is 0 Å². The van der Waals surface area contributed by atoms with Crippen LogP contribution in [-0.2, 0) is 0 Å². The normalized spacial score (nSPS) is 10.9. The highest BCUT2D eigenvalue weighted by molar-refractivity contribution is 6.64. The average molecular weight is 659 g/mol. The Labute approximate surface area is 317 Å². The summed E-state index contributed by atoms with van der Waals surface area (Å²) in [5.41, 5.74) is 22.7. The third-order valence-corrected chi connectivity index (χ3v) is 11.1. The maximum absolute atomic E-state index is 2.41. The minimum atomic E-state index is 1.16. The van der Waals surface area contributed by atoms with Gasteiger partial charge in [0.1, 0.15) is 62.8 Å². The zero-order valence-electron chi connectivity index (χ0n) is 31.8. The molecule has 2 nitrogen and oxygen atoms in total. The van der Waals surface area contributed by atoms with Gasteiger partial charge in [0.15, 0.2) is 0 Å². The highest BCUT2D eigenvalue weighted by atomic mass is 15.1. The molecule has 0 radical (unpaired) electrons. The number of para-hydroxylation sites is 4. The Morgan fingerprint density at radius 3 is 0.673 bits per heavy atom. The van der Waals surface area contributed by atoms with E-state index in [1.807, 2.05) is 0 Å². The van der Waals surface area contributed by atoms with E-state index >= 15 is 0 Å². The van der Waals surface area contributed by atoms with E-state index in [1.165, 1.54) is 77.3 Å². The topological polar surface area (TPSA) is 6.48 Å². The first kappa shape index (κ1) is 35.1. The lowest BCUT2D eigenvalue weighted by molar-refractivity contribution is 1.31. The van der Waals surface area contributed by atoms with Gasteiger partial charge in [0.05, 0.1) is 0 Å². The van der Waals surface area contributed by atoms with E-state index in [-0.39, 0.29) is 0 Å². The Bertz CT molecular complexity index is 2070. The van der Waals surface area contributed by atoms with Gasteiger partial charge in [-0.2, -0.15) is 0 Å². The molecular weight excluding hydrogens is 619 g/mol. The van der Waals surface area contributed by atoms with Crippen molar-refractivity contribution in [3.8, 4) is 22.3 Å². The van der Waals surface area contributed by atoms with Crippen molar-refractivity contribution in [3.63, 3.8) is 0 Å². The zero-order chi connectivity index (χ0) is 36.5. The number of anilines is 6. The molecule has 0 aromatic heterocycles.